The molecular weight excluding hydrogens is 585 g/mol. The second-order valence-corrected chi connectivity index (χ2v) is 14.6. The number of fused-ring (bicyclic) bond motifs is 6. The largest absolute Gasteiger partial charge is 0.485 e. The quantitative estimate of drug-likeness (QED) is 0.182. The Balaban J connectivity index is 1.06. The van der Waals surface area contributed by atoms with Gasteiger partial charge < -0.3 is 13.7 Å². The lowest BCUT2D eigenvalue weighted by Crippen LogP contribution is -2.25. The highest BCUT2D eigenvalue weighted by Gasteiger charge is 2.34. The summed E-state index contributed by atoms with van der Waals surface area (Å²) in [6.45, 7) is 0. The number of nitrogens with zero attached hydrogens (tertiary/aromatic N) is 1. The van der Waals surface area contributed by atoms with Crippen molar-refractivity contribution in [2.45, 2.75) is 12.0 Å². The van der Waals surface area contributed by atoms with Crippen LogP contribution >= 0.6 is 7.14 Å². The van der Waals surface area contributed by atoms with Crippen LogP contribution in [0.4, 0.5) is 0 Å². The Morgan fingerprint density at radius 1 is 0.630 bits per heavy atom. The van der Waals surface area contributed by atoms with Gasteiger partial charge in [0.15, 0.2) is 7.14 Å². The van der Waals surface area contributed by atoms with Gasteiger partial charge >= 0.3 is 0 Å². The minimum absolute atomic E-state index is 0.0505. The molecule has 0 bridgehead atoms. The molecule has 220 valence electrons. The molecule has 5 aromatic carbocycles. The van der Waals surface area contributed by atoms with E-state index < -0.39 is 7.14 Å². The smallest absolute Gasteiger partial charge is 0.172 e. The number of para-hydroxylation sites is 1. The molecule has 1 aliphatic carbocycles. The van der Waals surface area contributed by atoms with Crippen LogP contribution in [0.25, 0.3) is 38.8 Å². The normalized spacial score (nSPS) is 17.0. The summed E-state index contributed by atoms with van der Waals surface area (Å²) in [6, 6.07) is 44.2. The first kappa shape index (κ1) is 26.9. The van der Waals surface area contributed by atoms with E-state index >= 15 is 0 Å². The molecule has 0 saturated carbocycles. The first-order valence-corrected chi connectivity index (χ1v) is 17.2. The highest BCUT2D eigenvalue weighted by Crippen LogP contribution is 2.46. The van der Waals surface area contributed by atoms with Crippen LogP contribution in [0, 0.1) is 0 Å². The fourth-order valence-electron chi connectivity index (χ4n) is 6.83. The van der Waals surface area contributed by atoms with E-state index in [-0.39, 0.29) is 12.0 Å². The zero-order valence-electron chi connectivity index (χ0n) is 24.8. The molecule has 7 aromatic rings. The van der Waals surface area contributed by atoms with Crippen LogP contribution in [0.2, 0.25) is 0 Å². The zero-order valence-corrected chi connectivity index (χ0v) is 25.7. The number of aromatic nitrogens is 1. The second-order valence-electron chi connectivity index (χ2n) is 11.8. The molecule has 46 heavy (non-hydrogen) atoms. The Kier molecular flexibility index (Phi) is 6.19. The van der Waals surface area contributed by atoms with Crippen molar-refractivity contribution in [2.24, 2.45) is 0 Å². The molecule has 0 fully saturated rings. The summed E-state index contributed by atoms with van der Waals surface area (Å²) in [4.78, 5) is 4.86. The summed E-state index contributed by atoms with van der Waals surface area (Å²) in [5, 5.41) is 4.55. The van der Waals surface area contributed by atoms with E-state index in [4.69, 9.17) is 14.1 Å². The molecule has 0 amide bonds. The number of furan rings is 1. The first-order valence-electron chi connectivity index (χ1n) is 15.5. The highest BCUT2D eigenvalue weighted by atomic mass is 31.2. The standard InChI is InChI=1S/C41H28NO3P/c43-46(30-9-3-1-4-10-30,31-11-5-2-6-12-31)32-18-19-37(42-26-32)29-17-22-41-36(25-29)35-24-28(16-21-40(35)45-41)27-15-20-39-34(23-27)33-13-7-8-14-38(33)44-39/h1-26,35,40H. The van der Waals surface area contributed by atoms with E-state index in [0.29, 0.717) is 5.30 Å². The fourth-order valence-corrected chi connectivity index (χ4v) is 9.41. The van der Waals surface area contributed by atoms with Crippen molar-refractivity contribution in [3.05, 3.63) is 169 Å². The summed E-state index contributed by atoms with van der Waals surface area (Å²) >= 11 is 0. The molecule has 3 heterocycles. The van der Waals surface area contributed by atoms with E-state index in [2.05, 4.69) is 54.6 Å². The number of rotatable bonds is 5. The Hall–Kier alpha value is -5.44. The summed E-state index contributed by atoms with van der Waals surface area (Å²) in [5.74, 6) is 0.980. The van der Waals surface area contributed by atoms with Crippen molar-refractivity contribution in [1.29, 1.82) is 0 Å². The lowest BCUT2D eigenvalue weighted by Gasteiger charge is -2.20. The molecule has 0 N–H and O–H groups in total. The highest BCUT2D eigenvalue weighted by molar-refractivity contribution is 7.85. The number of allylic oxidation sites excluding steroid dienone is 2. The third kappa shape index (κ3) is 4.29. The molecule has 2 aliphatic rings. The maximum atomic E-state index is 14.8. The van der Waals surface area contributed by atoms with Gasteiger partial charge in [-0.3, -0.25) is 4.98 Å². The van der Waals surface area contributed by atoms with Gasteiger partial charge in [0.1, 0.15) is 23.0 Å². The van der Waals surface area contributed by atoms with Gasteiger partial charge in [0.05, 0.1) is 5.69 Å². The Bertz CT molecular complexity index is 2330. The van der Waals surface area contributed by atoms with E-state index in [9.17, 15) is 4.57 Å². The lowest BCUT2D eigenvalue weighted by molar-refractivity contribution is 0.269. The minimum atomic E-state index is -3.09. The molecule has 4 nitrogen and oxygen atoms in total. The number of hydrogen-bond acceptors (Lipinski definition) is 4. The molecule has 0 saturated heterocycles. The zero-order chi connectivity index (χ0) is 30.7. The van der Waals surface area contributed by atoms with E-state index in [1.54, 1.807) is 6.20 Å². The van der Waals surface area contributed by atoms with Crippen molar-refractivity contribution >= 4 is 50.6 Å². The average molecular weight is 614 g/mol. The van der Waals surface area contributed by atoms with Crippen molar-refractivity contribution < 1.29 is 13.7 Å². The maximum Gasteiger partial charge on any atom is 0.172 e. The van der Waals surface area contributed by atoms with E-state index in [1.807, 2.05) is 97.1 Å². The third-order valence-corrected chi connectivity index (χ3v) is 12.2. The summed E-state index contributed by atoms with van der Waals surface area (Å²) in [7, 11) is -3.09. The number of benzene rings is 5. The minimum Gasteiger partial charge on any atom is -0.485 e. The first-order chi connectivity index (χ1) is 22.6. The number of hydrogen-bond donors (Lipinski definition) is 0. The Labute approximate surface area is 266 Å². The molecule has 1 aliphatic heterocycles. The molecule has 0 spiro atoms. The van der Waals surface area contributed by atoms with E-state index in [0.717, 1.165) is 66.3 Å². The maximum absolute atomic E-state index is 14.8. The van der Waals surface area contributed by atoms with Gasteiger partial charge in [0, 0.05) is 49.9 Å². The molecule has 9 rings (SSSR count). The second kappa shape index (κ2) is 10.6. The van der Waals surface area contributed by atoms with Crippen LogP contribution < -0.4 is 20.7 Å². The predicted octanol–water partition coefficient (Wildman–Crippen LogP) is 8.79. The van der Waals surface area contributed by atoms with Gasteiger partial charge in [0.2, 0.25) is 0 Å². The molecule has 0 radical (unpaired) electrons. The molecule has 2 atom stereocenters. The van der Waals surface area contributed by atoms with Gasteiger partial charge in [-0.25, -0.2) is 0 Å². The van der Waals surface area contributed by atoms with Crippen LogP contribution in [0.5, 0.6) is 5.75 Å². The Morgan fingerprint density at radius 2 is 1.35 bits per heavy atom. The molecular formula is C41H28NO3P. The van der Waals surface area contributed by atoms with Crippen LogP contribution in [0.3, 0.4) is 0 Å². The van der Waals surface area contributed by atoms with Crippen LogP contribution in [0.1, 0.15) is 17.0 Å². The van der Waals surface area contributed by atoms with Crippen molar-refractivity contribution in [3.63, 3.8) is 0 Å². The van der Waals surface area contributed by atoms with Crippen molar-refractivity contribution in [3.8, 4) is 17.0 Å². The predicted molar refractivity (Wildman–Crippen MR) is 187 cm³/mol. The van der Waals surface area contributed by atoms with Crippen LogP contribution in [-0.2, 0) is 4.57 Å². The van der Waals surface area contributed by atoms with Gasteiger partial charge in [0.25, 0.3) is 0 Å². The molecule has 2 aromatic heterocycles. The topological polar surface area (TPSA) is 52.3 Å². The SMILES string of the molecule is O=P(c1ccccc1)(c1ccccc1)c1ccc(-c2ccc3c(c2)C2C=C(c4ccc5oc6ccccc6c5c4)C=CC2O3)nc1. The molecule has 2 unspecified atom stereocenters. The van der Waals surface area contributed by atoms with Crippen LogP contribution in [0.15, 0.2) is 162 Å². The van der Waals surface area contributed by atoms with Crippen molar-refractivity contribution in [2.75, 3.05) is 0 Å². The Morgan fingerprint density at radius 3 is 2.11 bits per heavy atom. The van der Waals surface area contributed by atoms with E-state index in [1.165, 1.54) is 0 Å². The third-order valence-electron chi connectivity index (χ3n) is 9.17. The average Bonchev–Trinajstić information content (AvgIpc) is 3.69. The summed E-state index contributed by atoms with van der Waals surface area (Å²) < 4.78 is 27.2. The summed E-state index contributed by atoms with van der Waals surface area (Å²) in [6.07, 6.45) is 8.37. The lowest BCUT2D eigenvalue weighted by atomic mass is 9.86. The van der Waals surface area contributed by atoms with Gasteiger partial charge in [-0.05, 0) is 65.7 Å². The van der Waals surface area contributed by atoms with Crippen LogP contribution in [-0.4, -0.2) is 11.1 Å². The number of pyridine rings is 1. The van der Waals surface area contributed by atoms with Gasteiger partial charge in [-0.1, -0.05) is 97.1 Å². The van der Waals surface area contributed by atoms with Gasteiger partial charge in [-0.2, -0.15) is 0 Å². The summed E-state index contributed by atoms with van der Waals surface area (Å²) in [5.41, 5.74) is 7.08. The van der Waals surface area contributed by atoms with Gasteiger partial charge in [-0.15, -0.1) is 0 Å². The fraction of sp³-hybridized carbons (Fsp3) is 0.0488. The molecule has 5 heteroatoms. The van der Waals surface area contributed by atoms with Crippen molar-refractivity contribution in [1.82, 2.24) is 4.98 Å². The number of ether oxygens (including phenoxy) is 1. The monoisotopic (exact) mass is 613 g/mol.